The lowest BCUT2D eigenvalue weighted by Crippen LogP contribution is -2.43. The number of fused-ring (bicyclic) bond motifs is 2. The van der Waals surface area contributed by atoms with E-state index in [9.17, 15) is 4.79 Å². The van der Waals surface area contributed by atoms with Gasteiger partial charge in [0.05, 0.1) is 17.2 Å². The van der Waals surface area contributed by atoms with Gasteiger partial charge in [0.2, 0.25) is 0 Å². The second-order valence-corrected chi connectivity index (χ2v) is 10.2. The Hall–Kier alpha value is -2.64. The van der Waals surface area contributed by atoms with Crippen molar-refractivity contribution in [2.45, 2.75) is 76.9 Å². The molecule has 1 aromatic carbocycles. The van der Waals surface area contributed by atoms with Crippen LogP contribution >= 0.6 is 0 Å². The van der Waals surface area contributed by atoms with Gasteiger partial charge >= 0.3 is 13.2 Å². The van der Waals surface area contributed by atoms with E-state index in [0.29, 0.717) is 6.61 Å². The van der Waals surface area contributed by atoms with Crippen LogP contribution in [0.2, 0.25) is 0 Å². The van der Waals surface area contributed by atoms with E-state index in [4.69, 9.17) is 14.0 Å². The minimum atomic E-state index is -0.437. The molecule has 3 aliphatic heterocycles. The zero-order chi connectivity index (χ0) is 23.2. The molecule has 1 amide bonds. The summed E-state index contributed by atoms with van der Waals surface area (Å²) >= 11 is 0. The number of rotatable bonds is 4. The lowest BCUT2D eigenvalue weighted by molar-refractivity contribution is 0.00578. The number of hydrogen-bond donors (Lipinski definition) is 0. The Morgan fingerprint density at radius 2 is 1.85 bits per heavy atom. The zero-order valence-electron chi connectivity index (χ0n) is 19.8. The summed E-state index contributed by atoms with van der Waals surface area (Å²) in [4.78, 5) is 19.3. The molecule has 2 fully saturated rings. The van der Waals surface area contributed by atoms with Gasteiger partial charge in [0.25, 0.3) is 0 Å². The normalized spacial score (nSPS) is 25.2. The summed E-state index contributed by atoms with van der Waals surface area (Å²) in [5, 5.41) is 0. The highest BCUT2D eigenvalue weighted by Gasteiger charge is 2.52. The molecule has 2 aromatic rings. The van der Waals surface area contributed by atoms with Crippen molar-refractivity contribution in [1.82, 2.24) is 9.88 Å². The van der Waals surface area contributed by atoms with E-state index in [0.717, 1.165) is 35.9 Å². The van der Waals surface area contributed by atoms with E-state index >= 15 is 0 Å². The Bertz CT molecular complexity index is 1050. The molecule has 2 bridgehead atoms. The van der Waals surface area contributed by atoms with Crippen molar-refractivity contribution in [3.05, 3.63) is 66.0 Å². The molecule has 0 spiro atoms. The summed E-state index contributed by atoms with van der Waals surface area (Å²) in [7, 11) is -0.437. The van der Waals surface area contributed by atoms with Crippen molar-refractivity contribution in [1.29, 1.82) is 0 Å². The van der Waals surface area contributed by atoms with Crippen molar-refractivity contribution in [2.75, 3.05) is 0 Å². The Morgan fingerprint density at radius 3 is 2.55 bits per heavy atom. The van der Waals surface area contributed by atoms with Gasteiger partial charge in [-0.2, -0.15) is 0 Å². The zero-order valence-corrected chi connectivity index (χ0v) is 19.8. The molecule has 5 rings (SSSR count). The second kappa shape index (κ2) is 8.30. The van der Waals surface area contributed by atoms with Crippen LogP contribution in [0.4, 0.5) is 4.79 Å². The average molecular weight is 446 g/mol. The van der Waals surface area contributed by atoms with Crippen LogP contribution in [0.3, 0.4) is 0 Å². The predicted molar refractivity (Wildman–Crippen MR) is 128 cm³/mol. The Morgan fingerprint density at radius 1 is 1.12 bits per heavy atom. The number of carbonyl (C=O) groups excluding carboxylic acids is 1. The van der Waals surface area contributed by atoms with Crippen molar-refractivity contribution in [3.8, 4) is 0 Å². The van der Waals surface area contributed by atoms with E-state index in [-0.39, 0.29) is 18.2 Å². The topological polar surface area (TPSA) is 60.9 Å². The molecule has 2 saturated heterocycles. The quantitative estimate of drug-likeness (QED) is 0.655. The highest BCUT2D eigenvalue weighted by atomic mass is 16.7. The van der Waals surface area contributed by atoms with E-state index in [1.807, 2.05) is 47.6 Å². The van der Waals surface area contributed by atoms with E-state index in [1.165, 1.54) is 5.57 Å². The molecule has 0 N–H and O–H groups in total. The maximum absolute atomic E-state index is 12.9. The molecule has 33 heavy (non-hydrogen) atoms. The van der Waals surface area contributed by atoms with Gasteiger partial charge in [-0.25, -0.2) is 4.79 Å². The van der Waals surface area contributed by atoms with Crippen LogP contribution in [0.15, 0.2) is 54.9 Å². The van der Waals surface area contributed by atoms with Crippen molar-refractivity contribution in [2.24, 2.45) is 0 Å². The number of aromatic nitrogens is 1. The summed E-state index contributed by atoms with van der Waals surface area (Å²) in [6.07, 6.45) is 8.42. The molecule has 4 heterocycles. The van der Waals surface area contributed by atoms with Gasteiger partial charge in [-0.3, -0.25) is 9.88 Å². The highest BCUT2D eigenvalue weighted by Crippen LogP contribution is 2.39. The molecule has 0 aliphatic carbocycles. The molecule has 6 nitrogen and oxygen atoms in total. The fraction of sp³-hybridized carbons (Fsp3) is 0.462. The van der Waals surface area contributed by atoms with Crippen molar-refractivity contribution < 1.29 is 18.8 Å². The summed E-state index contributed by atoms with van der Waals surface area (Å²) in [5.41, 5.74) is 3.42. The number of amides is 1. The molecule has 172 valence electrons. The van der Waals surface area contributed by atoms with Gasteiger partial charge in [-0.05, 0) is 63.7 Å². The maximum Gasteiger partial charge on any atom is 0.496 e. The van der Waals surface area contributed by atoms with Crippen molar-refractivity contribution >= 4 is 24.2 Å². The van der Waals surface area contributed by atoms with Crippen molar-refractivity contribution in [3.63, 3.8) is 0 Å². The third-order valence-corrected chi connectivity index (χ3v) is 7.47. The van der Waals surface area contributed by atoms with Gasteiger partial charge < -0.3 is 14.0 Å². The molecule has 1 aromatic heterocycles. The van der Waals surface area contributed by atoms with Crippen LogP contribution in [0.25, 0.3) is 5.57 Å². The molecule has 3 aliphatic rings. The minimum absolute atomic E-state index is 0.0579. The van der Waals surface area contributed by atoms with Crippen LogP contribution in [0.1, 0.15) is 58.1 Å². The number of carbonyl (C=O) groups is 1. The molecule has 0 radical (unpaired) electrons. The first-order chi connectivity index (χ1) is 15.7. The molecule has 2 atom stereocenters. The van der Waals surface area contributed by atoms with Gasteiger partial charge in [0, 0.05) is 23.9 Å². The van der Waals surface area contributed by atoms with Crippen LogP contribution in [0, 0.1) is 0 Å². The third kappa shape index (κ3) is 4.20. The number of hydrogen-bond acceptors (Lipinski definition) is 5. The summed E-state index contributed by atoms with van der Waals surface area (Å²) in [6, 6.07) is 12.1. The molecular weight excluding hydrogens is 415 g/mol. The first-order valence-electron chi connectivity index (χ1n) is 11.7. The van der Waals surface area contributed by atoms with E-state index < -0.39 is 18.3 Å². The fourth-order valence-corrected chi connectivity index (χ4v) is 4.86. The standard InChI is InChI=1S/C26H31BN2O4/c1-25(2)26(3,4)33-27(32-25)21-12-20(15-28-16-21)19-13-22-10-11-23(14-19)29(22)24(30)31-17-18-8-6-5-7-9-18/h5-9,12-13,15-16,22-23H,10-11,14,17H2,1-4H3. The Balaban J connectivity index is 1.30. The van der Waals surface area contributed by atoms with Gasteiger partial charge in [0.1, 0.15) is 6.61 Å². The summed E-state index contributed by atoms with van der Waals surface area (Å²) in [6.45, 7) is 8.51. The van der Waals surface area contributed by atoms with E-state index in [1.54, 1.807) is 0 Å². The average Bonchev–Trinajstić information content (AvgIpc) is 3.19. The van der Waals surface area contributed by atoms with Crippen LogP contribution < -0.4 is 5.46 Å². The predicted octanol–water partition coefficient (Wildman–Crippen LogP) is 4.34. The molecular formula is C26H31BN2O4. The summed E-state index contributed by atoms with van der Waals surface area (Å²) in [5.74, 6) is 0. The largest absolute Gasteiger partial charge is 0.496 e. The van der Waals surface area contributed by atoms with Crippen LogP contribution in [0.5, 0.6) is 0 Å². The second-order valence-electron chi connectivity index (χ2n) is 10.2. The number of pyridine rings is 1. The van der Waals surface area contributed by atoms with Gasteiger partial charge in [0.15, 0.2) is 0 Å². The van der Waals surface area contributed by atoms with Crippen LogP contribution in [-0.4, -0.2) is 46.4 Å². The molecule has 0 saturated carbocycles. The maximum atomic E-state index is 12.9. The Labute approximate surface area is 196 Å². The summed E-state index contributed by atoms with van der Waals surface area (Å²) < 4.78 is 18.0. The Kier molecular flexibility index (Phi) is 5.57. The van der Waals surface area contributed by atoms with E-state index in [2.05, 4.69) is 44.8 Å². The monoisotopic (exact) mass is 446 g/mol. The number of benzene rings is 1. The van der Waals surface area contributed by atoms with Gasteiger partial charge in [-0.15, -0.1) is 0 Å². The van der Waals surface area contributed by atoms with Crippen LogP contribution in [-0.2, 0) is 20.7 Å². The lowest BCUT2D eigenvalue weighted by Gasteiger charge is -2.33. The smallest absolute Gasteiger partial charge is 0.445 e. The van der Waals surface area contributed by atoms with Gasteiger partial charge in [-0.1, -0.05) is 42.5 Å². The molecule has 2 unspecified atom stereocenters. The SMILES string of the molecule is CC1(C)OB(c2cncc(C3=CC4CCC(C3)N4C(=O)OCc3ccccc3)c2)OC1(C)C. The molecule has 7 heteroatoms. The lowest BCUT2D eigenvalue weighted by atomic mass is 9.79. The fourth-order valence-electron chi connectivity index (χ4n) is 4.86. The number of nitrogens with zero attached hydrogens (tertiary/aromatic N) is 2. The minimum Gasteiger partial charge on any atom is -0.445 e. The third-order valence-electron chi connectivity index (χ3n) is 7.47. The first kappa shape index (κ1) is 22.2. The highest BCUT2D eigenvalue weighted by molar-refractivity contribution is 6.62. The first-order valence-corrected chi connectivity index (χ1v) is 11.7. The number of ether oxygens (including phenoxy) is 1.